The van der Waals surface area contributed by atoms with E-state index in [1.165, 1.54) is 0 Å². The Morgan fingerprint density at radius 1 is 1.21 bits per heavy atom. The van der Waals surface area contributed by atoms with E-state index in [4.69, 9.17) is 9.47 Å². The summed E-state index contributed by atoms with van der Waals surface area (Å²) in [6.45, 7) is 9.39. The van der Waals surface area contributed by atoms with Crippen LogP contribution in [-0.4, -0.2) is 38.3 Å². The normalized spacial score (nSPS) is 20.5. The first kappa shape index (κ1) is 18.6. The lowest BCUT2D eigenvalue weighted by atomic mass is 9.94. The average molecular weight is 334 g/mol. The van der Waals surface area contributed by atoms with Gasteiger partial charge in [0.05, 0.1) is 13.2 Å². The van der Waals surface area contributed by atoms with Crippen molar-refractivity contribution in [3.63, 3.8) is 0 Å². The highest BCUT2D eigenvalue weighted by Gasteiger charge is 2.23. The van der Waals surface area contributed by atoms with Crippen molar-refractivity contribution in [2.75, 3.05) is 26.3 Å². The topological polar surface area (TPSA) is 59.6 Å². The summed E-state index contributed by atoms with van der Waals surface area (Å²) in [5.74, 6) is 1.78. The number of piperidine rings is 1. The molecule has 1 aromatic carbocycles. The van der Waals surface area contributed by atoms with Gasteiger partial charge in [-0.1, -0.05) is 20.8 Å². The summed E-state index contributed by atoms with van der Waals surface area (Å²) in [5, 5.41) is 6.47. The molecular weight excluding hydrogens is 304 g/mol. The van der Waals surface area contributed by atoms with E-state index in [0.29, 0.717) is 36.2 Å². The van der Waals surface area contributed by atoms with Gasteiger partial charge in [0.15, 0.2) is 11.5 Å². The van der Waals surface area contributed by atoms with Gasteiger partial charge in [-0.05, 0) is 49.9 Å². The molecule has 2 rings (SSSR count). The SMILES string of the molecule is CCCOc1ccc(C(=O)NC2CNCCC2C)cc1OCCC. The highest BCUT2D eigenvalue weighted by molar-refractivity contribution is 5.95. The Morgan fingerprint density at radius 2 is 1.92 bits per heavy atom. The van der Waals surface area contributed by atoms with Gasteiger partial charge in [-0.2, -0.15) is 0 Å². The van der Waals surface area contributed by atoms with E-state index in [2.05, 4.69) is 31.4 Å². The van der Waals surface area contributed by atoms with Crippen LogP contribution in [0.1, 0.15) is 50.4 Å². The third kappa shape index (κ3) is 5.13. The summed E-state index contributed by atoms with van der Waals surface area (Å²) in [4.78, 5) is 12.6. The molecule has 0 aliphatic carbocycles. The molecular formula is C19H30N2O3. The van der Waals surface area contributed by atoms with Crippen LogP contribution in [0.3, 0.4) is 0 Å². The third-order valence-electron chi connectivity index (χ3n) is 4.27. The molecule has 5 nitrogen and oxygen atoms in total. The van der Waals surface area contributed by atoms with E-state index in [-0.39, 0.29) is 11.9 Å². The Bertz CT molecular complexity index is 533. The van der Waals surface area contributed by atoms with Gasteiger partial charge in [-0.25, -0.2) is 0 Å². The van der Waals surface area contributed by atoms with Crippen molar-refractivity contribution < 1.29 is 14.3 Å². The van der Waals surface area contributed by atoms with Crippen LogP contribution in [-0.2, 0) is 0 Å². The quantitative estimate of drug-likeness (QED) is 0.767. The van der Waals surface area contributed by atoms with Crippen molar-refractivity contribution in [1.29, 1.82) is 0 Å². The molecule has 0 bridgehead atoms. The molecule has 2 atom stereocenters. The van der Waals surface area contributed by atoms with Crippen molar-refractivity contribution in [1.82, 2.24) is 10.6 Å². The zero-order valence-electron chi connectivity index (χ0n) is 15.1. The van der Waals surface area contributed by atoms with Crippen LogP contribution in [0, 0.1) is 5.92 Å². The average Bonchev–Trinajstić information content (AvgIpc) is 2.60. The minimum absolute atomic E-state index is 0.0565. The first-order valence-electron chi connectivity index (χ1n) is 9.06. The fourth-order valence-corrected chi connectivity index (χ4v) is 2.74. The molecule has 24 heavy (non-hydrogen) atoms. The first-order chi connectivity index (χ1) is 11.7. The number of carbonyl (C=O) groups is 1. The molecule has 0 aromatic heterocycles. The highest BCUT2D eigenvalue weighted by atomic mass is 16.5. The number of rotatable bonds is 8. The van der Waals surface area contributed by atoms with Crippen LogP contribution in [0.15, 0.2) is 18.2 Å². The Hall–Kier alpha value is -1.75. The minimum atomic E-state index is -0.0565. The maximum Gasteiger partial charge on any atom is 0.251 e. The van der Waals surface area contributed by atoms with E-state index in [0.717, 1.165) is 32.4 Å². The summed E-state index contributed by atoms with van der Waals surface area (Å²) < 4.78 is 11.5. The van der Waals surface area contributed by atoms with E-state index >= 15 is 0 Å². The van der Waals surface area contributed by atoms with Crippen molar-refractivity contribution in [3.05, 3.63) is 23.8 Å². The lowest BCUT2D eigenvalue weighted by Crippen LogP contribution is -2.50. The van der Waals surface area contributed by atoms with Crippen molar-refractivity contribution in [3.8, 4) is 11.5 Å². The van der Waals surface area contributed by atoms with Crippen LogP contribution in [0.5, 0.6) is 11.5 Å². The molecule has 2 unspecified atom stereocenters. The standard InChI is InChI=1S/C19H30N2O3/c1-4-10-23-17-7-6-15(12-18(17)24-11-5-2)19(22)21-16-13-20-9-8-14(16)3/h6-7,12,14,16,20H,4-5,8-11,13H2,1-3H3,(H,21,22). The van der Waals surface area contributed by atoms with Crippen molar-refractivity contribution in [2.24, 2.45) is 5.92 Å². The monoisotopic (exact) mass is 334 g/mol. The highest BCUT2D eigenvalue weighted by Crippen LogP contribution is 2.29. The largest absolute Gasteiger partial charge is 0.490 e. The zero-order valence-corrected chi connectivity index (χ0v) is 15.1. The fourth-order valence-electron chi connectivity index (χ4n) is 2.74. The Balaban J connectivity index is 2.08. The summed E-state index contributed by atoms with van der Waals surface area (Å²) >= 11 is 0. The smallest absolute Gasteiger partial charge is 0.251 e. The van der Waals surface area contributed by atoms with Crippen LogP contribution in [0.2, 0.25) is 0 Å². The number of hydrogen-bond acceptors (Lipinski definition) is 4. The Morgan fingerprint density at radius 3 is 2.58 bits per heavy atom. The van der Waals surface area contributed by atoms with E-state index in [1.807, 2.05) is 6.07 Å². The molecule has 1 fully saturated rings. The second-order valence-corrected chi connectivity index (χ2v) is 6.41. The van der Waals surface area contributed by atoms with Gasteiger partial charge in [-0.15, -0.1) is 0 Å². The number of hydrogen-bond donors (Lipinski definition) is 2. The van der Waals surface area contributed by atoms with E-state index in [1.54, 1.807) is 12.1 Å². The van der Waals surface area contributed by atoms with Gasteiger partial charge in [-0.3, -0.25) is 4.79 Å². The van der Waals surface area contributed by atoms with Gasteiger partial charge in [0.1, 0.15) is 0 Å². The predicted molar refractivity (Wildman–Crippen MR) is 95.9 cm³/mol. The zero-order chi connectivity index (χ0) is 17.4. The maximum absolute atomic E-state index is 12.6. The number of ether oxygens (including phenoxy) is 2. The molecule has 1 amide bonds. The molecule has 1 heterocycles. The second kappa shape index (κ2) is 9.52. The number of nitrogens with one attached hydrogen (secondary N) is 2. The van der Waals surface area contributed by atoms with Gasteiger partial charge in [0.25, 0.3) is 5.91 Å². The summed E-state index contributed by atoms with van der Waals surface area (Å²) in [6, 6.07) is 5.59. The molecule has 0 radical (unpaired) electrons. The van der Waals surface area contributed by atoms with Crippen LogP contribution in [0.4, 0.5) is 0 Å². The lowest BCUT2D eigenvalue weighted by Gasteiger charge is -2.30. The molecule has 0 spiro atoms. The molecule has 134 valence electrons. The van der Waals surface area contributed by atoms with E-state index in [9.17, 15) is 4.79 Å². The maximum atomic E-state index is 12.6. The summed E-state index contributed by atoms with van der Waals surface area (Å²) in [5.41, 5.74) is 0.614. The fraction of sp³-hybridized carbons (Fsp3) is 0.632. The van der Waals surface area contributed by atoms with Gasteiger partial charge < -0.3 is 20.1 Å². The molecule has 0 saturated carbocycles. The number of benzene rings is 1. The Kier molecular flexibility index (Phi) is 7.37. The van der Waals surface area contributed by atoms with Crippen molar-refractivity contribution >= 4 is 5.91 Å². The van der Waals surface area contributed by atoms with Gasteiger partial charge in [0.2, 0.25) is 0 Å². The minimum Gasteiger partial charge on any atom is -0.490 e. The van der Waals surface area contributed by atoms with Crippen LogP contribution >= 0.6 is 0 Å². The van der Waals surface area contributed by atoms with Gasteiger partial charge >= 0.3 is 0 Å². The number of carbonyl (C=O) groups excluding carboxylic acids is 1. The van der Waals surface area contributed by atoms with Crippen LogP contribution in [0.25, 0.3) is 0 Å². The molecule has 1 aliphatic rings. The third-order valence-corrected chi connectivity index (χ3v) is 4.27. The molecule has 1 aliphatic heterocycles. The summed E-state index contributed by atoms with van der Waals surface area (Å²) in [6.07, 6.45) is 2.93. The molecule has 5 heteroatoms. The predicted octanol–water partition coefficient (Wildman–Crippen LogP) is 2.99. The lowest BCUT2D eigenvalue weighted by molar-refractivity contribution is 0.0914. The van der Waals surface area contributed by atoms with E-state index < -0.39 is 0 Å². The number of amides is 1. The second-order valence-electron chi connectivity index (χ2n) is 6.41. The van der Waals surface area contributed by atoms with Gasteiger partial charge in [0, 0.05) is 18.2 Å². The van der Waals surface area contributed by atoms with Crippen LogP contribution < -0.4 is 20.1 Å². The molecule has 2 N–H and O–H groups in total. The first-order valence-corrected chi connectivity index (χ1v) is 9.06. The molecule has 1 aromatic rings. The van der Waals surface area contributed by atoms with Crippen molar-refractivity contribution in [2.45, 2.75) is 46.1 Å². The molecule has 1 saturated heterocycles. The summed E-state index contributed by atoms with van der Waals surface area (Å²) in [7, 11) is 0. The Labute approximate surface area is 145 Å².